The van der Waals surface area contributed by atoms with Crippen LogP contribution in [0.2, 0.25) is 18.1 Å². The molecular weight excluding hydrogens is 457 g/mol. The van der Waals surface area contributed by atoms with Crippen LogP contribution in [0, 0.1) is 11.4 Å². The topological polar surface area (TPSA) is 51.6 Å². The zero-order valence-corrected chi connectivity index (χ0v) is 23.8. The van der Waals surface area contributed by atoms with Crippen LogP contribution in [-0.2, 0) is 22.2 Å². The Kier molecular flexibility index (Phi) is 8.32. The van der Waals surface area contributed by atoms with Gasteiger partial charge in [0.05, 0.1) is 24.4 Å². The first kappa shape index (κ1) is 28.0. The second kappa shape index (κ2) is 10.4. The molecule has 1 aliphatic carbocycles. The summed E-state index contributed by atoms with van der Waals surface area (Å²) in [6.07, 6.45) is 3.10. The largest absolute Gasteiger partial charge is 0.409 e. The average molecular weight is 502 g/mol. The highest BCUT2D eigenvalue weighted by atomic mass is 28.4. The Balaban J connectivity index is 1.86. The molecule has 6 heteroatoms. The van der Waals surface area contributed by atoms with Gasteiger partial charge in [0.25, 0.3) is 0 Å². The fourth-order valence-corrected chi connectivity index (χ4v) is 6.17. The second-order valence-electron chi connectivity index (χ2n) is 12.9. The molecule has 1 aromatic carbocycles. The van der Waals surface area contributed by atoms with Gasteiger partial charge in [-0.05, 0) is 60.0 Å². The smallest absolute Gasteiger partial charge is 0.218 e. The molecule has 0 bridgehead atoms. The van der Waals surface area contributed by atoms with E-state index in [1.165, 1.54) is 0 Å². The Morgan fingerprint density at radius 1 is 1.11 bits per heavy atom. The molecule has 3 rings (SSSR count). The van der Waals surface area contributed by atoms with Crippen LogP contribution in [0.1, 0.15) is 83.6 Å². The van der Waals surface area contributed by atoms with Crippen LogP contribution in [0.25, 0.3) is 0 Å². The van der Waals surface area contributed by atoms with Crippen molar-refractivity contribution in [1.82, 2.24) is 4.98 Å². The van der Waals surface area contributed by atoms with Gasteiger partial charge >= 0.3 is 0 Å². The SMILES string of the molecule is CC(C)(C)Cc1cnc(F)c(C(O)C[C@]2(O[Si](C)(C)C(C)(C)C)CC[C@@H]2OCc2ccccc2)c1. The lowest BCUT2D eigenvalue weighted by molar-refractivity contribution is -0.182. The van der Waals surface area contributed by atoms with Crippen molar-refractivity contribution >= 4 is 8.32 Å². The van der Waals surface area contributed by atoms with Crippen molar-refractivity contribution in [2.24, 2.45) is 5.41 Å². The highest BCUT2D eigenvalue weighted by Crippen LogP contribution is 2.50. The summed E-state index contributed by atoms with van der Waals surface area (Å²) in [5.74, 6) is -0.612. The molecule has 1 heterocycles. The van der Waals surface area contributed by atoms with E-state index in [-0.39, 0.29) is 28.5 Å². The predicted octanol–water partition coefficient (Wildman–Crippen LogP) is 7.37. The zero-order valence-electron chi connectivity index (χ0n) is 22.8. The van der Waals surface area contributed by atoms with Crippen molar-refractivity contribution in [2.45, 2.75) is 110 Å². The normalized spacial score (nSPS) is 22.1. The third-order valence-electron chi connectivity index (χ3n) is 7.53. The van der Waals surface area contributed by atoms with E-state index in [4.69, 9.17) is 9.16 Å². The van der Waals surface area contributed by atoms with E-state index in [2.05, 4.69) is 59.6 Å². The minimum Gasteiger partial charge on any atom is -0.409 e. The second-order valence-corrected chi connectivity index (χ2v) is 17.7. The van der Waals surface area contributed by atoms with E-state index in [0.717, 1.165) is 30.4 Å². The summed E-state index contributed by atoms with van der Waals surface area (Å²) in [5, 5.41) is 11.3. The third kappa shape index (κ3) is 7.00. The van der Waals surface area contributed by atoms with Crippen molar-refractivity contribution in [3.63, 3.8) is 0 Å². The van der Waals surface area contributed by atoms with E-state index in [1.807, 2.05) is 30.3 Å². The molecule has 0 radical (unpaired) electrons. The Labute approximate surface area is 212 Å². The number of ether oxygens (including phenoxy) is 1. The fraction of sp³-hybridized carbons (Fsp3) is 0.621. The first-order valence-electron chi connectivity index (χ1n) is 12.8. The molecule has 2 aromatic rings. The van der Waals surface area contributed by atoms with Crippen LogP contribution >= 0.6 is 0 Å². The molecule has 1 aromatic heterocycles. The van der Waals surface area contributed by atoms with E-state index in [9.17, 15) is 9.50 Å². The van der Waals surface area contributed by atoms with E-state index >= 15 is 0 Å². The van der Waals surface area contributed by atoms with Crippen LogP contribution in [0.15, 0.2) is 42.6 Å². The third-order valence-corrected chi connectivity index (χ3v) is 12.1. The van der Waals surface area contributed by atoms with Crippen LogP contribution in [0.4, 0.5) is 4.39 Å². The lowest BCUT2D eigenvalue weighted by Gasteiger charge is -2.55. The highest BCUT2D eigenvalue weighted by Gasteiger charge is 2.55. The number of aliphatic hydroxyl groups excluding tert-OH is 1. The first-order valence-corrected chi connectivity index (χ1v) is 15.7. The molecule has 0 amide bonds. The number of hydrogen-bond acceptors (Lipinski definition) is 4. The summed E-state index contributed by atoms with van der Waals surface area (Å²) in [4.78, 5) is 3.98. The lowest BCUT2D eigenvalue weighted by Crippen LogP contribution is -2.61. The molecule has 4 nitrogen and oxygen atoms in total. The maximum absolute atomic E-state index is 14.8. The number of benzene rings is 1. The van der Waals surface area contributed by atoms with E-state index < -0.39 is 26.0 Å². The van der Waals surface area contributed by atoms with Crippen molar-refractivity contribution in [2.75, 3.05) is 0 Å². The van der Waals surface area contributed by atoms with Gasteiger partial charge in [0.2, 0.25) is 5.95 Å². The Hall–Kier alpha value is -1.60. The van der Waals surface area contributed by atoms with Gasteiger partial charge in [-0.3, -0.25) is 0 Å². The van der Waals surface area contributed by atoms with Gasteiger partial charge in [-0.25, -0.2) is 4.98 Å². The Bertz CT molecular complexity index is 984. The Morgan fingerprint density at radius 3 is 2.31 bits per heavy atom. The van der Waals surface area contributed by atoms with Crippen molar-refractivity contribution in [3.05, 3.63) is 65.2 Å². The van der Waals surface area contributed by atoms with Crippen molar-refractivity contribution < 1.29 is 18.7 Å². The summed E-state index contributed by atoms with van der Waals surface area (Å²) in [6.45, 7) is 18.0. The van der Waals surface area contributed by atoms with E-state index in [1.54, 1.807) is 12.3 Å². The first-order chi connectivity index (χ1) is 16.1. The zero-order chi connectivity index (χ0) is 26.1. The molecule has 3 atom stereocenters. The molecule has 1 fully saturated rings. The molecule has 0 saturated heterocycles. The Morgan fingerprint density at radius 2 is 1.77 bits per heavy atom. The molecule has 1 N–H and O–H groups in total. The minimum atomic E-state index is -2.18. The summed E-state index contributed by atoms with van der Waals surface area (Å²) in [5.41, 5.74) is 1.67. The standard InChI is InChI=1S/C29H44FNO3Si/c1-27(2,3)17-22-16-23(26(30)31-19-22)24(32)18-29(34-35(7,8)28(4,5)6)15-14-25(29)33-20-21-12-10-9-11-13-21/h9-13,16,19,24-25,32H,14-15,17-18,20H2,1-8H3/t24?,25-,29+/m0/s1. The number of rotatable bonds is 9. The molecule has 1 saturated carbocycles. The molecule has 1 aliphatic rings. The molecule has 1 unspecified atom stereocenters. The quantitative estimate of drug-likeness (QED) is 0.288. The van der Waals surface area contributed by atoms with Gasteiger partial charge < -0.3 is 14.3 Å². The van der Waals surface area contributed by atoms with Crippen LogP contribution in [0.5, 0.6) is 0 Å². The molecule has 0 aliphatic heterocycles. The van der Waals surface area contributed by atoms with Crippen LogP contribution in [0.3, 0.4) is 0 Å². The number of pyridine rings is 1. The summed E-state index contributed by atoms with van der Waals surface area (Å²) in [7, 11) is -2.18. The average Bonchev–Trinajstić information content (AvgIpc) is 2.72. The maximum atomic E-state index is 14.8. The molecular formula is C29H44FNO3Si. The highest BCUT2D eigenvalue weighted by molar-refractivity contribution is 6.74. The van der Waals surface area contributed by atoms with Gasteiger partial charge in [-0.1, -0.05) is 71.9 Å². The van der Waals surface area contributed by atoms with Gasteiger partial charge in [0.15, 0.2) is 8.32 Å². The predicted molar refractivity (Wildman–Crippen MR) is 142 cm³/mol. The summed E-state index contributed by atoms with van der Waals surface area (Å²) < 4.78 is 28.2. The number of hydrogen-bond donors (Lipinski definition) is 1. The number of aromatic nitrogens is 1. The lowest BCUT2D eigenvalue weighted by atomic mass is 9.72. The van der Waals surface area contributed by atoms with Gasteiger partial charge in [0, 0.05) is 18.2 Å². The molecule has 194 valence electrons. The van der Waals surface area contributed by atoms with Crippen LogP contribution < -0.4 is 0 Å². The fourth-order valence-electron chi connectivity index (χ4n) is 4.53. The van der Waals surface area contributed by atoms with Gasteiger partial charge in [0.1, 0.15) is 0 Å². The number of nitrogens with zero attached hydrogens (tertiary/aromatic N) is 1. The van der Waals surface area contributed by atoms with E-state index in [0.29, 0.717) is 6.61 Å². The molecule has 35 heavy (non-hydrogen) atoms. The molecule has 0 spiro atoms. The van der Waals surface area contributed by atoms with Gasteiger partial charge in [-0.2, -0.15) is 4.39 Å². The maximum Gasteiger partial charge on any atom is 0.218 e. The van der Waals surface area contributed by atoms with Gasteiger partial charge in [-0.15, -0.1) is 0 Å². The number of halogens is 1. The summed E-state index contributed by atoms with van der Waals surface area (Å²) >= 11 is 0. The van der Waals surface area contributed by atoms with Crippen molar-refractivity contribution in [1.29, 1.82) is 0 Å². The summed E-state index contributed by atoms with van der Waals surface area (Å²) in [6, 6.07) is 11.9. The monoisotopic (exact) mass is 501 g/mol. The minimum absolute atomic E-state index is 0.00392. The van der Waals surface area contributed by atoms with Crippen molar-refractivity contribution in [3.8, 4) is 0 Å². The van der Waals surface area contributed by atoms with Crippen LogP contribution in [-0.4, -0.2) is 30.1 Å². The number of aliphatic hydroxyl groups is 1.